The van der Waals surface area contributed by atoms with Crippen molar-refractivity contribution in [3.63, 3.8) is 0 Å². The van der Waals surface area contributed by atoms with Gasteiger partial charge in [0.25, 0.3) is 5.91 Å². The summed E-state index contributed by atoms with van der Waals surface area (Å²) in [5.41, 5.74) is 3.11. The Morgan fingerprint density at radius 1 is 1.06 bits per heavy atom. The minimum absolute atomic E-state index is 0.0533. The van der Waals surface area contributed by atoms with Gasteiger partial charge >= 0.3 is 12.6 Å². The Labute approximate surface area is 184 Å². The van der Waals surface area contributed by atoms with Crippen molar-refractivity contribution in [2.45, 2.75) is 39.8 Å². The van der Waals surface area contributed by atoms with E-state index in [0.29, 0.717) is 35.2 Å². The van der Waals surface area contributed by atoms with Crippen LogP contribution in [0.25, 0.3) is 10.8 Å². The molecule has 0 N–H and O–H groups in total. The lowest BCUT2D eigenvalue weighted by Gasteiger charge is -2.16. The predicted molar refractivity (Wildman–Crippen MR) is 117 cm³/mol. The molecule has 32 heavy (non-hydrogen) atoms. The summed E-state index contributed by atoms with van der Waals surface area (Å²) in [6.07, 6.45) is 0.718. The lowest BCUT2D eigenvalue weighted by atomic mass is 9.92. The number of carbonyl (C=O) groups excluding carboxylic acids is 2. The van der Waals surface area contributed by atoms with E-state index in [9.17, 15) is 18.4 Å². The van der Waals surface area contributed by atoms with Crippen LogP contribution in [0.2, 0.25) is 0 Å². The van der Waals surface area contributed by atoms with Gasteiger partial charge in [0.1, 0.15) is 5.75 Å². The van der Waals surface area contributed by atoms with Crippen LogP contribution in [0.3, 0.4) is 0 Å². The van der Waals surface area contributed by atoms with Gasteiger partial charge in [0.15, 0.2) is 0 Å². The smallest absolute Gasteiger partial charge is 0.387 e. The molecule has 4 rings (SSSR count). The molecule has 3 aromatic carbocycles. The normalized spacial score (nSPS) is 13.0. The molecule has 0 saturated carbocycles. The maximum absolute atomic E-state index is 13.4. The van der Waals surface area contributed by atoms with Crippen LogP contribution in [-0.2, 0) is 28.9 Å². The lowest BCUT2D eigenvalue weighted by molar-refractivity contribution is -0.142. The van der Waals surface area contributed by atoms with Gasteiger partial charge in [0, 0.05) is 16.6 Å². The van der Waals surface area contributed by atoms with Crippen molar-refractivity contribution in [2.75, 3.05) is 11.5 Å². The van der Waals surface area contributed by atoms with Crippen molar-refractivity contribution in [1.29, 1.82) is 0 Å². The van der Waals surface area contributed by atoms with Gasteiger partial charge in [-0.2, -0.15) is 8.78 Å². The molecule has 5 nitrogen and oxygen atoms in total. The molecular weight excluding hydrogens is 416 g/mol. The van der Waals surface area contributed by atoms with E-state index >= 15 is 0 Å². The summed E-state index contributed by atoms with van der Waals surface area (Å²) in [5.74, 6) is -0.518. The minimum Gasteiger partial charge on any atom is -0.466 e. The number of benzene rings is 3. The Morgan fingerprint density at radius 3 is 2.38 bits per heavy atom. The highest BCUT2D eigenvalue weighted by atomic mass is 19.3. The van der Waals surface area contributed by atoms with Crippen molar-refractivity contribution < 1.29 is 27.8 Å². The van der Waals surface area contributed by atoms with Gasteiger partial charge in [-0.1, -0.05) is 43.3 Å². The second-order valence-electron chi connectivity index (χ2n) is 7.48. The zero-order chi connectivity index (χ0) is 22.8. The van der Waals surface area contributed by atoms with Crippen LogP contribution in [0, 0.1) is 0 Å². The second-order valence-corrected chi connectivity index (χ2v) is 7.48. The number of fused-ring (bicyclic) bond motifs is 2. The van der Waals surface area contributed by atoms with E-state index < -0.39 is 6.61 Å². The van der Waals surface area contributed by atoms with E-state index in [1.54, 1.807) is 48.2 Å². The summed E-state index contributed by atoms with van der Waals surface area (Å²) in [4.78, 5) is 26.7. The minimum atomic E-state index is -3.00. The number of nitrogens with zero attached hydrogens (tertiary/aromatic N) is 1. The molecule has 0 radical (unpaired) electrons. The topological polar surface area (TPSA) is 55.8 Å². The molecular formula is C25H23F2NO4. The molecule has 7 heteroatoms. The third-order valence-corrected chi connectivity index (χ3v) is 5.61. The second kappa shape index (κ2) is 8.94. The maximum Gasteiger partial charge on any atom is 0.387 e. The first kappa shape index (κ1) is 21.7. The third-order valence-electron chi connectivity index (χ3n) is 5.61. The molecule has 1 aliphatic rings. The first-order valence-electron chi connectivity index (χ1n) is 10.5. The average molecular weight is 439 g/mol. The van der Waals surface area contributed by atoms with Crippen molar-refractivity contribution in [1.82, 2.24) is 0 Å². The number of anilines is 1. The molecule has 1 aliphatic heterocycles. The lowest BCUT2D eigenvalue weighted by Crippen LogP contribution is -2.23. The van der Waals surface area contributed by atoms with Crippen LogP contribution in [0.1, 0.15) is 40.9 Å². The summed E-state index contributed by atoms with van der Waals surface area (Å²) < 4.78 is 36.4. The highest BCUT2D eigenvalue weighted by Crippen LogP contribution is 2.43. The number of rotatable bonds is 7. The Morgan fingerprint density at radius 2 is 1.75 bits per heavy atom. The summed E-state index contributed by atoms with van der Waals surface area (Å²) in [6, 6.07) is 14.2. The summed E-state index contributed by atoms with van der Waals surface area (Å²) >= 11 is 0. The molecule has 1 heterocycles. The largest absolute Gasteiger partial charge is 0.466 e. The van der Waals surface area contributed by atoms with E-state index in [1.165, 1.54) is 0 Å². The van der Waals surface area contributed by atoms with E-state index in [2.05, 4.69) is 0 Å². The zero-order valence-electron chi connectivity index (χ0n) is 17.9. The zero-order valence-corrected chi connectivity index (χ0v) is 17.9. The molecule has 166 valence electrons. The number of halogens is 2. The number of esters is 1. The quantitative estimate of drug-likeness (QED) is 0.471. The Hall–Kier alpha value is -3.48. The van der Waals surface area contributed by atoms with Gasteiger partial charge in [-0.3, -0.25) is 9.59 Å². The van der Waals surface area contributed by atoms with Crippen LogP contribution in [0.15, 0.2) is 48.5 Å². The first-order chi connectivity index (χ1) is 15.4. The maximum atomic E-state index is 13.4. The van der Waals surface area contributed by atoms with E-state index in [0.717, 1.165) is 16.5 Å². The van der Waals surface area contributed by atoms with Gasteiger partial charge in [-0.05, 0) is 42.0 Å². The molecule has 3 aromatic rings. The molecule has 0 aromatic heterocycles. The van der Waals surface area contributed by atoms with E-state index in [4.69, 9.17) is 9.47 Å². The Bertz CT molecular complexity index is 1170. The number of carbonyl (C=O) groups is 2. The number of ether oxygens (including phenoxy) is 2. The fraction of sp³-hybridized carbons (Fsp3) is 0.280. The highest BCUT2D eigenvalue weighted by Gasteiger charge is 2.35. The number of hydrogen-bond donors (Lipinski definition) is 0. The molecule has 0 spiro atoms. The summed E-state index contributed by atoms with van der Waals surface area (Å²) in [7, 11) is 0. The van der Waals surface area contributed by atoms with Crippen LogP contribution < -0.4 is 9.64 Å². The van der Waals surface area contributed by atoms with Crippen molar-refractivity contribution in [3.8, 4) is 5.75 Å². The van der Waals surface area contributed by atoms with Crippen LogP contribution in [-0.4, -0.2) is 25.1 Å². The van der Waals surface area contributed by atoms with Crippen LogP contribution >= 0.6 is 0 Å². The summed E-state index contributed by atoms with van der Waals surface area (Å²) in [6.45, 7) is 1.13. The van der Waals surface area contributed by atoms with Crippen LogP contribution in [0.4, 0.5) is 14.5 Å². The fourth-order valence-electron chi connectivity index (χ4n) is 4.28. The number of hydrogen-bond acceptors (Lipinski definition) is 4. The van der Waals surface area contributed by atoms with E-state index in [1.807, 2.05) is 19.1 Å². The molecule has 0 bridgehead atoms. The molecule has 0 atom stereocenters. The third kappa shape index (κ3) is 3.90. The van der Waals surface area contributed by atoms with Crippen molar-refractivity contribution in [2.24, 2.45) is 0 Å². The standard InChI is InChI=1S/C25H23F2NO4/c1-3-17-18-7-5-6-8-19(18)23(32-25(26)27)20-14-28(24(30)22(17)20)16-11-9-15(10-12-16)13-21(29)31-4-2/h5-12,25H,3-4,13-14H2,1-2H3. The number of aryl methyl sites for hydroxylation is 1. The number of alkyl halides is 2. The Kier molecular flexibility index (Phi) is 6.08. The summed E-state index contributed by atoms with van der Waals surface area (Å²) in [5, 5.41) is 1.31. The van der Waals surface area contributed by atoms with Crippen molar-refractivity contribution in [3.05, 3.63) is 70.8 Å². The van der Waals surface area contributed by atoms with Gasteiger partial charge in [-0.25, -0.2) is 0 Å². The molecule has 0 aliphatic carbocycles. The monoisotopic (exact) mass is 439 g/mol. The predicted octanol–water partition coefficient (Wildman–Crippen LogP) is 5.27. The fourth-order valence-corrected chi connectivity index (χ4v) is 4.28. The first-order valence-corrected chi connectivity index (χ1v) is 10.5. The average Bonchev–Trinajstić information content (AvgIpc) is 3.11. The molecule has 0 saturated heterocycles. The van der Waals surface area contributed by atoms with Gasteiger partial charge in [0.2, 0.25) is 0 Å². The Balaban J connectivity index is 1.74. The van der Waals surface area contributed by atoms with E-state index in [-0.39, 0.29) is 30.6 Å². The van der Waals surface area contributed by atoms with Gasteiger partial charge in [-0.15, -0.1) is 0 Å². The van der Waals surface area contributed by atoms with Crippen molar-refractivity contribution >= 4 is 28.3 Å². The SMILES string of the molecule is CCOC(=O)Cc1ccc(N2Cc3c(c(CC)c4ccccc4c3OC(F)F)C2=O)cc1. The number of amides is 1. The molecule has 0 fully saturated rings. The van der Waals surface area contributed by atoms with Gasteiger partial charge in [0.05, 0.1) is 25.1 Å². The van der Waals surface area contributed by atoms with Crippen LogP contribution in [0.5, 0.6) is 5.75 Å². The van der Waals surface area contributed by atoms with Gasteiger partial charge < -0.3 is 14.4 Å². The molecule has 1 amide bonds. The highest BCUT2D eigenvalue weighted by molar-refractivity contribution is 6.15. The molecule has 0 unspecified atom stereocenters.